The van der Waals surface area contributed by atoms with Crippen molar-refractivity contribution in [3.8, 4) is 0 Å². The number of aromatic nitrogens is 3. The van der Waals surface area contributed by atoms with Crippen molar-refractivity contribution in [1.29, 1.82) is 0 Å². The van der Waals surface area contributed by atoms with Gasteiger partial charge in [-0.2, -0.15) is 5.10 Å². The minimum Gasteiger partial charge on any atom is -0.467 e. The quantitative estimate of drug-likeness (QED) is 0.313. The number of hydrogen-bond acceptors (Lipinski definition) is 7. The van der Waals surface area contributed by atoms with Crippen molar-refractivity contribution < 1.29 is 9.21 Å². The lowest BCUT2D eigenvalue weighted by Crippen LogP contribution is -2.28. The van der Waals surface area contributed by atoms with Crippen LogP contribution in [-0.2, 0) is 11.3 Å². The van der Waals surface area contributed by atoms with Crippen LogP contribution < -0.4 is 0 Å². The second-order valence-electron chi connectivity index (χ2n) is 8.47. The maximum atomic E-state index is 13.4. The fourth-order valence-electron chi connectivity index (χ4n) is 4.19. The zero-order chi connectivity index (χ0) is 22.9. The maximum Gasteiger partial charge on any atom is 0.253 e. The van der Waals surface area contributed by atoms with Gasteiger partial charge >= 0.3 is 0 Å². The van der Waals surface area contributed by atoms with Crippen LogP contribution in [0.25, 0.3) is 0 Å². The summed E-state index contributed by atoms with van der Waals surface area (Å²) in [5, 5.41) is 18.0. The first-order valence-electron chi connectivity index (χ1n) is 11.3. The molecule has 6 rings (SSSR count). The Morgan fingerprint density at radius 3 is 2.71 bits per heavy atom. The van der Waals surface area contributed by atoms with Gasteiger partial charge in [-0.05, 0) is 42.0 Å². The largest absolute Gasteiger partial charge is 0.467 e. The molecule has 7 nitrogen and oxygen atoms in total. The third-order valence-corrected chi connectivity index (χ3v) is 7.91. The van der Waals surface area contributed by atoms with E-state index >= 15 is 0 Å². The van der Waals surface area contributed by atoms with Crippen molar-refractivity contribution in [3.05, 3.63) is 88.3 Å². The number of furan rings is 1. The van der Waals surface area contributed by atoms with E-state index in [-0.39, 0.29) is 17.7 Å². The molecule has 1 amide bonds. The fraction of sp³-hybridized carbons (Fsp3) is 0.280. The summed E-state index contributed by atoms with van der Waals surface area (Å²) in [5.74, 6) is 2.40. The Morgan fingerprint density at radius 2 is 1.97 bits per heavy atom. The van der Waals surface area contributed by atoms with Crippen LogP contribution in [0.3, 0.4) is 0 Å². The normalized spacial score (nSPS) is 17.8. The number of thiophene rings is 1. The summed E-state index contributed by atoms with van der Waals surface area (Å²) < 4.78 is 7.82. The Bertz CT molecular complexity index is 1290. The van der Waals surface area contributed by atoms with E-state index in [1.54, 1.807) is 22.6 Å². The second kappa shape index (κ2) is 9.23. The van der Waals surface area contributed by atoms with E-state index in [4.69, 9.17) is 9.52 Å². The number of carbonyl (C=O) groups is 1. The SMILES string of the molecule is O=C(CSc1nnc(C2CC2)n1Cc1ccccc1)N1N=C(c2cccs2)C[C@H]1c1ccco1. The fourth-order valence-corrected chi connectivity index (χ4v) is 5.71. The number of nitrogens with zero attached hydrogens (tertiary/aromatic N) is 5. The first-order valence-corrected chi connectivity index (χ1v) is 13.2. The molecule has 9 heteroatoms. The number of thioether (sulfide) groups is 1. The van der Waals surface area contributed by atoms with Crippen molar-refractivity contribution in [3.63, 3.8) is 0 Å². The highest BCUT2D eigenvalue weighted by molar-refractivity contribution is 7.99. The van der Waals surface area contributed by atoms with Crippen LogP contribution in [0.4, 0.5) is 0 Å². The Labute approximate surface area is 205 Å². The van der Waals surface area contributed by atoms with E-state index in [2.05, 4.69) is 26.9 Å². The summed E-state index contributed by atoms with van der Waals surface area (Å²) in [6.45, 7) is 0.704. The van der Waals surface area contributed by atoms with Crippen LogP contribution in [0, 0.1) is 0 Å². The zero-order valence-corrected chi connectivity index (χ0v) is 20.0. The van der Waals surface area contributed by atoms with E-state index in [1.165, 1.54) is 17.3 Å². The lowest BCUT2D eigenvalue weighted by molar-refractivity contribution is -0.130. The lowest BCUT2D eigenvalue weighted by Gasteiger charge is -2.19. The highest BCUT2D eigenvalue weighted by Crippen LogP contribution is 2.40. The molecule has 0 radical (unpaired) electrons. The van der Waals surface area contributed by atoms with Gasteiger partial charge < -0.3 is 8.98 Å². The highest BCUT2D eigenvalue weighted by atomic mass is 32.2. The van der Waals surface area contributed by atoms with E-state index in [9.17, 15) is 4.79 Å². The number of carbonyl (C=O) groups excluding carboxylic acids is 1. The molecule has 1 aliphatic heterocycles. The average molecular weight is 490 g/mol. The van der Waals surface area contributed by atoms with E-state index < -0.39 is 0 Å². The molecule has 0 saturated heterocycles. The molecule has 4 heterocycles. The summed E-state index contributed by atoms with van der Waals surface area (Å²) in [7, 11) is 0. The minimum absolute atomic E-state index is 0.0693. The number of amides is 1. The monoisotopic (exact) mass is 489 g/mol. The smallest absolute Gasteiger partial charge is 0.253 e. The van der Waals surface area contributed by atoms with Gasteiger partial charge in [0.05, 0.1) is 29.1 Å². The van der Waals surface area contributed by atoms with Gasteiger partial charge in [0.1, 0.15) is 17.6 Å². The van der Waals surface area contributed by atoms with Crippen LogP contribution in [0.15, 0.2) is 80.9 Å². The van der Waals surface area contributed by atoms with Gasteiger partial charge in [0.2, 0.25) is 0 Å². The van der Waals surface area contributed by atoms with Crippen molar-refractivity contribution in [2.75, 3.05) is 5.75 Å². The Kier molecular flexibility index (Phi) is 5.80. The van der Waals surface area contributed by atoms with Crippen LogP contribution in [0.1, 0.15) is 53.2 Å². The van der Waals surface area contributed by atoms with Gasteiger partial charge in [-0.25, -0.2) is 5.01 Å². The lowest BCUT2D eigenvalue weighted by atomic mass is 10.1. The Balaban J connectivity index is 1.22. The van der Waals surface area contributed by atoms with Gasteiger partial charge in [-0.1, -0.05) is 48.2 Å². The Morgan fingerprint density at radius 1 is 1.09 bits per heavy atom. The third-order valence-electron chi connectivity index (χ3n) is 6.04. The van der Waals surface area contributed by atoms with Crippen LogP contribution in [0.5, 0.6) is 0 Å². The molecule has 4 aromatic rings. The van der Waals surface area contributed by atoms with Gasteiger partial charge in [-0.15, -0.1) is 21.5 Å². The highest BCUT2D eigenvalue weighted by Gasteiger charge is 2.36. The van der Waals surface area contributed by atoms with Crippen molar-refractivity contribution in [2.24, 2.45) is 5.10 Å². The summed E-state index contributed by atoms with van der Waals surface area (Å²) in [5.41, 5.74) is 2.11. The summed E-state index contributed by atoms with van der Waals surface area (Å²) in [6.07, 6.45) is 4.58. The van der Waals surface area contributed by atoms with Crippen molar-refractivity contribution in [2.45, 2.75) is 42.9 Å². The van der Waals surface area contributed by atoms with E-state index in [0.29, 0.717) is 18.9 Å². The molecule has 3 aromatic heterocycles. The molecule has 34 heavy (non-hydrogen) atoms. The number of hydrogen-bond donors (Lipinski definition) is 0. The first kappa shape index (κ1) is 21.4. The molecular weight excluding hydrogens is 466 g/mol. The molecule has 1 saturated carbocycles. The van der Waals surface area contributed by atoms with E-state index in [0.717, 1.165) is 40.2 Å². The molecule has 0 unspecified atom stereocenters. The molecule has 0 bridgehead atoms. The molecule has 1 aromatic carbocycles. The molecule has 0 spiro atoms. The van der Waals surface area contributed by atoms with Crippen molar-refractivity contribution in [1.82, 2.24) is 19.8 Å². The zero-order valence-electron chi connectivity index (χ0n) is 18.4. The number of rotatable bonds is 8. The summed E-state index contributed by atoms with van der Waals surface area (Å²) in [6, 6.07) is 17.9. The van der Waals surface area contributed by atoms with Crippen LogP contribution in [0.2, 0.25) is 0 Å². The summed E-state index contributed by atoms with van der Waals surface area (Å²) in [4.78, 5) is 14.4. The predicted octanol–water partition coefficient (Wildman–Crippen LogP) is 5.33. The van der Waals surface area contributed by atoms with Crippen molar-refractivity contribution >= 4 is 34.7 Å². The topological polar surface area (TPSA) is 76.5 Å². The molecule has 2 aliphatic rings. The maximum absolute atomic E-state index is 13.4. The standard InChI is InChI=1S/C25H23N5O2S2/c31-23(30-20(21-8-4-12-32-21)14-19(28-30)22-9-5-13-33-22)16-34-25-27-26-24(18-10-11-18)29(25)15-17-6-2-1-3-7-17/h1-9,12-13,18,20H,10-11,14-16H2/t20-/m0/s1. The number of hydrazone groups is 1. The van der Waals surface area contributed by atoms with E-state index in [1.807, 2.05) is 47.8 Å². The second-order valence-corrected chi connectivity index (χ2v) is 10.4. The van der Waals surface area contributed by atoms with Gasteiger partial charge in [0, 0.05) is 12.3 Å². The number of benzene rings is 1. The van der Waals surface area contributed by atoms with Gasteiger partial charge in [-0.3, -0.25) is 4.79 Å². The van der Waals surface area contributed by atoms with Gasteiger partial charge in [0.25, 0.3) is 5.91 Å². The molecule has 0 N–H and O–H groups in total. The van der Waals surface area contributed by atoms with Gasteiger partial charge in [0.15, 0.2) is 5.16 Å². The third kappa shape index (κ3) is 4.33. The first-order chi connectivity index (χ1) is 16.8. The van der Waals surface area contributed by atoms with Crippen LogP contribution in [-0.4, -0.2) is 37.1 Å². The molecule has 1 atom stereocenters. The summed E-state index contributed by atoms with van der Waals surface area (Å²) >= 11 is 3.06. The van der Waals surface area contributed by atoms with Crippen LogP contribution >= 0.6 is 23.1 Å². The predicted molar refractivity (Wildman–Crippen MR) is 132 cm³/mol. The molecular formula is C25H23N5O2S2. The average Bonchev–Trinajstić information content (AvgIpc) is 3.35. The molecule has 1 fully saturated rings. The minimum atomic E-state index is -0.232. The molecule has 1 aliphatic carbocycles. The Hall–Kier alpha value is -3.17. The molecule has 172 valence electrons.